The molecule has 0 spiro atoms. The fourth-order valence-corrected chi connectivity index (χ4v) is 4.85. The quantitative estimate of drug-likeness (QED) is 0.480. The van der Waals surface area contributed by atoms with Crippen molar-refractivity contribution >= 4 is 11.9 Å². The van der Waals surface area contributed by atoms with E-state index in [9.17, 15) is 9.59 Å². The average molecular weight is 443 g/mol. The van der Waals surface area contributed by atoms with Gasteiger partial charge in [0.1, 0.15) is 12.2 Å². The number of carbonyl (C=O) groups is 2. The van der Waals surface area contributed by atoms with Gasteiger partial charge in [0.05, 0.1) is 25.2 Å². The third kappa shape index (κ3) is 4.83. The first kappa shape index (κ1) is 21.4. The van der Waals surface area contributed by atoms with Crippen molar-refractivity contribution in [3.8, 4) is 11.1 Å². The summed E-state index contributed by atoms with van der Waals surface area (Å²) in [7, 11) is 0. The molecule has 3 aromatic carbocycles. The van der Waals surface area contributed by atoms with Gasteiger partial charge in [0, 0.05) is 18.3 Å². The van der Waals surface area contributed by atoms with Crippen LogP contribution in [0.5, 0.6) is 0 Å². The fourth-order valence-electron chi connectivity index (χ4n) is 4.85. The van der Waals surface area contributed by atoms with Crippen LogP contribution < -0.4 is 0 Å². The van der Waals surface area contributed by atoms with Crippen LogP contribution in [-0.2, 0) is 25.6 Å². The number of hydrogen-bond donors (Lipinski definition) is 0. The molecule has 2 fully saturated rings. The lowest BCUT2D eigenvalue weighted by Gasteiger charge is -2.23. The molecule has 1 heterocycles. The van der Waals surface area contributed by atoms with Crippen LogP contribution in [-0.4, -0.2) is 30.8 Å². The van der Waals surface area contributed by atoms with Gasteiger partial charge in [-0.3, -0.25) is 4.79 Å². The number of esters is 2. The Kier molecular flexibility index (Phi) is 6.22. The number of carbonyl (C=O) groups excluding carboxylic acids is 2. The van der Waals surface area contributed by atoms with Crippen LogP contribution in [0.3, 0.4) is 0 Å². The second-order valence-corrected chi connectivity index (χ2v) is 8.68. The largest absolute Gasteiger partial charge is 0.462 e. The minimum absolute atomic E-state index is 0.0199. The van der Waals surface area contributed by atoms with Crippen LogP contribution in [0.2, 0.25) is 0 Å². The molecule has 3 aromatic rings. The molecule has 5 heteroatoms. The number of ether oxygens (including phenoxy) is 3. The molecule has 5 rings (SSSR count). The highest BCUT2D eigenvalue weighted by molar-refractivity contribution is 5.90. The van der Waals surface area contributed by atoms with Crippen LogP contribution in [0.4, 0.5) is 0 Å². The van der Waals surface area contributed by atoms with Crippen molar-refractivity contribution < 1.29 is 23.8 Å². The van der Waals surface area contributed by atoms with E-state index in [0.717, 1.165) is 16.7 Å². The summed E-state index contributed by atoms with van der Waals surface area (Å²) in [4.78, 5) is 24.7. The van der Waals surface area contributed by atoms with E-state index in [4.69, 9.17) is 14.2 Å². The van der Waals surface area contributed by atoms with E-state index in [1.807, 2.05) is 72.8 Å². The summed E-state index contributed by atoms with van der Waals surface area (Å²) in [6.45, 7) is 0.892. The molecule has 33 heavy (non-hydrogen) atoms. The van der Waals surface area contributed by atoms with Crippen molar-refractivity contribution in [2.45, 2.75) is 31.7 Å². The van der Waals surface area contributed by atoms with Crippen LogP contribution in [0.15, 0.2) is 84.9 Å². The van der Waals surface area contributed by atoms with Gasteiger partial charge in [-0.2, -0.15) is 0 Å². The molecule has 0 amide bonds. The first-order chi connectivity index (χ1) is 16.2. The van der Waals surface area contributed by atoms with E-state index in [-0.39, 0.29) is 36.0 Å². The minimum atomic E-state index is -0.362. The van der Waals surface area contributed by atoms with Crippen molar-refractivity contribution in [1.29, 1.82) is 0 Å². The Morgan fingerprint density at radius 1 is 0.879 bits per heavy atom. The zero-order valence-electron chi connectivity index (χ0n) is 18.3. The molecular formula is C28H26O5. The highest BCUT2D eigenvalue weighted by Gasteiger charge is 2.51. The summed E-state index contributed by atoms with van der Waals surface area (Å²) in [6.07, 6.45) is 0.319. The van der Waals surface area contributed by atoms with Crippen LogP contribution >= 0.6 is 0 Å². The molecule has 0 bridgehead atoms. The fraction of sp³-hybridized carbons (Fsp3) is 0.286. The molecule has 0 aromatic heterocycles. The molecule has 0 N–H and O–H groups in total. The first-order valence-electron chi connectivity index (χ1n) is 11.3. The number of rotatable bonds is 7. The predicted octanol–water partition coefficient (Wildman–Crippen LogP) is 5.05. The topological polar surface area (TPSA) is 61.8 Å². The lowest BCUT2D eigenvalue weighted by Crippen LogP contribution is -2.29. The van der Waals surface area contributed by atoms with Crippen LogP contribution in [0.25, 0.3) is 11.1 Å². The molecule has 5 nitrogen and oxygen atoms in total. The van der Waals surface area contributed by atoms with Gasteiger partial charge in [0.25, 0.3) is 0 Å². The maximum Gasteiger partial charge on any atom is 0.338 e. The van der Waals surface area contributed by atoms with Gasteiger partial charge in [0.15, 0.2) is 0 Å². The van der Waals surface area contributed by atoms with Gasteiger partial charge in [-0.1, -0.05) is 72.8 Å². The van der Waals surface area contributed by atoms with Gasteiger partial charge < -0.3 is 14.2 Å². The molecular weight excluding hydrogens is 416 g/mol. The molecule has 2 aliphatic rings. The Balaban J connectivity index is 1.24. The Morgan fingerprint density at radius 3 is 2.27 bits per heavy atom. The lowest BCUT2D eigenvalue weighted by atomic mass is 9.93. The van der Waals surface area contributed by atoms with E-state index in [0.29, 0.717) is 31.6 Å². The highest BCUT2D eigenvalue weighted by Crippen LogP contribution is 2.43. The Morgan fingerprint density at radius 2 is 1.55 bits per heavy atom. The Hall–Kier alpha value is -3.44. The van der Waals surface area contributed by atoms with Crippen LogP contribution in [0.1, 0.15) is 28.8 Å². The second kappa shape index (κ2) is 9.59. The third-order valence-electron chi connectivity index (χ3n) is 6.56. The second-order valence-electron chi connectivity index (χ2n) is 8.68. The van der Waals surface area contributed by atoms with E-state index in [1.165, 1.54) is 0 Å². The summed E-state index contributed by atoms with van der Waals surface area (Å²) < 4.78 is 17.4. The summed E-state index contributed by atoms with van der Waals surface area (Å²) in [5, 5.41) is 0. The van der Waals surface area contributed by atoms with Gasteiger partial charge in [0.2, 0.25) is 0 Å². The number of benzene rings is 3. The summed E-state index contributed by atoms with van der Waals surface area (Å²) in [5.74, 6) is -0.595. The van der Waals surface area contributed by atoms with Crippen molar-refractivity contribution in [2.75, 3.05) is 6.61 Å². The highest BCUT2D eigenvalue weighted by atomic mass is 16.6. The van der Waals surface area contributed by atoms with Crippen molar-refractivity contribution in [3.05, 3.63) is 96.1 Å². The van der Waals surface area contributed by atoms with Crippen LogP contribution in [0, 0.1) is 11.8 Å². The first-order valence-corrected chi connectivity index (χ1v) is 11.3. The smallest absolute Gasteiger partial charge is 0.338 e. The number of hydrogen-bond acceptors (Lipinski definition) is 5. The average Bonchev–Trinajstić information content (AvgIpc) is 3.36. The molecule has 0 unspecified atom stereocenters. The zero-order valence-corrected chi connectivity index (χ0v) is 18.3. The molecule has 1 aliphatic heterocycles. The monoisotopic (exact) mass is 442 g/mol. The Labute approximate surface area is 193 Å². The van der Waals surface area contributed by atoms with Crippen molar-refractivity contribution in [3.63, 3.8) is 0 Å². The summed E-state index contributed by atoms with van der Waals surface area (Å²) in [6, 6.07) is 27.4. The molecule has 168 valence electrons. The van der Waals surface area contributed by atoms with Gasteiger partial charge in [-0.05, 0) is 28.8 Å². The van der Waals surface area contributed by atoms with Crippen molar-refractivity contribution in [2.24, 2.45) is 11.8 Å². The molecule has 0 radical (unpaired) electrons. The third-order valence-corrected chi connectivity index (χ3v) is 6.56. The SMILES string of the molecule is O=C1C[C@@H]2[C@@H](COCc3ccccc3)[C@H](OC(=O)c3ccc(-c4ccccc4)cc3)C[C@@H]2O1. The molecule has 1 saturated carbocycles. The Bertz CT molecular complexity index is 1090. The molecule has 4 atom stereocenters. The zero-order chi connectivity index (χ0) is 22.6. The maximum atomic E-state index is 12.9. The standard InChI is InChI=1S/C28H26O5/c29-27-15-23-24(18-31-17-19-7-3-1-4-8-19)26(16-25(23)32-27)33-28(30)22-13-11-21(12-14-22)20-9-5-2-6-10-20/h1-14,23-26H,15-18H2/t23-,24-,25+,26-/m1/s1. The van der Waals surface area contributed by atoms with E-state index in [2.05, 4.69) is 0 Å². The maximum absolute atomic E-state index is 12.9. The van der Waals surface area contributed by atoms with E-state index < -0.39 is 0 Å². The number of fused-ring (bicyclic) bond motifs is 1. The summed E-state index contributed by atoms with van der Waals surface area (Å²) >= 11 is 0. The minimum Gasteiger partial charge on any atom is -0.462 e. The predicted molar refractivity (Wildman–Crippen MR) is 123 cm³/mol. The van der Waals surface area contributed by atoms with Gasteiger partial charge in [-0.15, -0.1) is 0 Å². The van der Waals surface area contributed by atoms with Gasteiger partial charge in [-0.25, -0.2) is 4.79 Å². The molecule has 1 saturated heterocycles. The lowest BCUT2D eigenvalue weighted by molar-refractivity contribution is -0.141. The molecule has 1 aliphatic carbocycles. The van der Waals surface area contributed by atoms with Gasteiger partial charge >= 0.3 is 11.9 Å². The van der Waals surface area contributed by atoms with E-state index >= 15 is 0 Å². The normalized spacial score (nSPS) is 23.7. The van der Waals surface area contributed by atoms with E-state index in [1.54, 1.807) is 12.1 Å². The summed E-state index contributed by atoms with van der Waals surface area (Å²) in [5.41, 5.74) is 3.73. The van der Waals surface area contributed by atoms with Crippen molar-refractivity contribution in [1.82, 2.24) is 0 Å².